The van der Waals surface area contributed by atoms with Crippen molar-refractivity contribution in [3.63, 3.8) is 0 Å². The number of benzene rings is 2. The average molecular weight is 423 g/mol. The van der Waals surface area contributed by atoms with E-state index < -0.39 is 11.9 Å². The van der Waals surface area contributed by atoms with Gasteiger partial charge in [0.1, 0.15) is 17.4 Å². The molecule has 2 rings (SSSR count). The molecule has 7 heteroatoms. The predicted molar refractivity (Wildman–Crippen MR) is 115 cm³/mol. The van der Waals surface area contributed by atoms with Crippen molar-refractivity contribution in [3.8, 4) is 23.3 Å². The van der Waals surface area contributed by atoms with Crippen molar-refractivity contribution < 1.29 is 28.5 Å². The van der Waals surface area contributed by atoms with Crippen LogP contribution in [0.15, 0.2) is 48.0 Å². The van der Waals surface area contributed by atoms with E-state index in [1.165, 1.54) is 12.1 Å². The van der Waals surface area contributed by atoms with Crippen LogP contribution in [0.3, 0.4) is 0 Å². The predicted octanol–water partition coefficient (Wildman–Crippen LogP) is 4.10. The van der Waals surface area contributed by atoms with Gasteiger partial charge in [-0.2, -0.15) is 5.26 Å². The number of esters is 2. The molecule has 0 bridgehead atoms. The van der Waals surface area contributed by atoms with Crippen LogP contribution in [-0.2, 0) is 20.7 Å². The Morgan fingerprint density at radius 2 is 1.74 bits per heavy atom. The van der Waals surface area contributed by atoms with Crippen molar-refractivity contribution >= 4 is 18.0 Å². The van der Waals surface area contributed by atoms with Crippen molar-refractivity contribution in [3.05, 3.63) is 59.2 Å². The maximum absolute atomic E-state index is 12.3. The van der Waals surface area contributed by atoms with Crippen LogP contribution in [0.4, 0.5) is 0 Å². The maximum Gasteiger partial charge on any atom is 0.349 e. The zero-order valence-corrected chi connectivity index (χ0v) is 17.8. The number of aryl methyl sites for hydroxylation is 1. The van der Waals surface area contributed by atoms with Gasteiger partial charge < -0.3 is 18.9 Å². The highest BCUT2D eigenvalue weighted by Gasteiger charge is 2.14. The lowest BCUT2D eigenvalue weighted by atomic mass is 10.1. The fourth-order valence-electron chi connectivity index (χ4n) is 2.70. The van der Waals surface area contributed by atoms with Gasteiger partial charge in [-0.05, 0) is 55.7 Å². The van der Waals surface area contributed by atoms with Crippen LogP contribution in [0.1, 0.15) is 31.9 Å². The van der Waals surface area contributed by atoms with E-state index in [-0.39, 0.29) is 24.5 Å². The standard InChI is InChI=1S/C24H25NO6/c1-4-18-9-7-8-10-20(18)30-16-23(26)31-21-12-11-17(14-22(21)28-5-2)13-19(15-25)24(27)29-6-3/h7-14H,4-6,16H2,1-3H3/b19-13+. The highest BCUT2D eigenvalue weighted by atomic mass is 16.6. The lowest BCUT2D eigenvalue weighted by Crippen LogP contribution is -2.18. The summed E-state index contributed by atoms with van der Waals surface area (Å²) >= 11 is 0. The molecule has 0 N–H and O–H groups in total. The summed E-state index contributed by atoms with van der Waals surface area (Å²) in [6.07, 6.45) is 2.17. The van der Waals surface area contributed by atoms with Gasteiger partial charge in [-0.3, -0.25) is 0 Å². The Labute approximate surface area is 181 Å². The Balaban J connectivity index is 2.14. The lowest BCUT2D eigenvalue weighted by Gasteiger charge is -2.13. The van der Waals surface area contributed by atoms with Crippen molar-refractivity contribution in [2.45, 2.75) is 27.2 Å². The molecule has 0 heterocycles. The van der Waals surface area contributed by atoms with E-state index in [2.05, 4.69) is 0 Å². The topological polar surface area (TPSA) is 94.9 Å². The molecular formula is C24H25NO6. The number of hydrogen-bond acceptors (Lipinski definition) is 7. The van der Waals surface area contributed by atoms with Gasteiger partial charge in [0.2, 0.25) is 0 Å². The Morgan fingerprint density at radius 1 is 0.968 bits per heavy atom. The summed E-state index contributed by atoms with van der Waals surface area (Å²) in [5.74, 6) is -0.136. The number of nitrogens with zero attached hydrogens (tertiary/aromatic N) is 1. The molecular weight excluding hydrogens is 398 g/mol. The molecule has 31 heavy (non-hydrogen) atoms. The molecule has 2 aromatic rings. The number of hydrogen-bond donors (Lipinski definition) is 0. The van der Waals surface area contributed by atoms with Crippen molar-refractivity contribution in [1.29, 1.82) is 5.26 Å². The second-order valence-electron chi connectivity index (χ2n) is 6.25. The van der Waals surface area contributed by atoms with E-state index in [1.54, 1.807) is 32.0 Å². The summed E-state index contributed by atoms with van der Waals surface area (Å²) in [5.41, 5.74) is 1.38. The van der Waals surface area contributed by atoms with E-state index in [9.17, 15) is 14.9 Å². The largest absolute Gasteiger partial charge is 0.490 e. The van der Waals surface area contributed by atoms with E-state index in [1.807, 2.05) is 31.2 Å². The van der Waals surface area contributed by atoms with Crippen molar-refractivity contribution in [1.82, 2.24) is 0 Å². The number of rotatable bonds is 10. The molecule has 0 saturated heterocycles. The van der Waals surface area contributed by atoms with Crippen molar-refractivity contribution in [2.24, 2.45) is 0 Å². The normalized spacial score (nSPS) is 10.7. The number of carbonyl (C=O) groups excluding carboxylic acids is 2. The Morgan fingerprint density at radius 3 is 2.42 bits per heavy atom. The second kappa shape index (κ2) is 12.0. The molecule has 0 aliphatic heterocycles. The highest BCUT2D eigenvalue weighted by Crippen LogP contribution is 2.30. The summed E-state index contributed by atoms with van der Waals surface area (Å²) in [5, 5.41) is 9.19. The summed E-state index contributed by atoms with van der Waals surface area (Å²) < 4.78 is 21.4. The summed E-state index contributed by atoms with van der Waals surface area (Å²) in [7, 11) is 0. The third kappa shape index (κ3) is 6.89. The van der Waals surface area contributed by atoms with Gasteiger partial charge in [0.15, 0.2) is 18.1 Å². The van der Waals surface area contributed by atoms with Gasteiger partial charge in [0.25, 0.3) is 0 Å². The molecule has 7 nitrogen and oxygen atoms in total. The first-order valence-corrected chi connectivity index (χ1v) is 9.99. The van der Waals surface area contributed by atoms with Crippen LogP contribution in [-0.4, -0.2) is 31.8 Å². The smallest absolute Gasteiger partial charge is 0.349 e. The third-order valence-corrected chi connectivity index (χ3v) is 4.12. The monoisotopic (exact) mass is 423 g/mol. The first-order valence-electron chi connectivity index (χ1n) is 9.99. The lowest BCUT2D eigenvalue weighted by molar-refractivity contribution is -0.138. The van der Waals surface area contributed by atoms with Crippen LogP contribution >= 0.6 is 0 Å². The van der Waals surface area contributed by atoms with Crippen LogP contribution < -0.4 is 14.2 Å². The molecule has 0 fully saturated rings. The average Bonchev–Trinajstić information content (AvgIpc) is 2.78. The molecule has 0 aliphatic carbocycles. The van der Waals surface area contributed by atoms with Gasteiger partial charge in [-0.25, -0.2) is 9.59 Å². The maximum atomic E-state index is 12.3. The minimum absolute atomic E-state index is 0.142. The van der Waals surface area contributed by atoms with Gasteiger partial charge >= 0.3 is 11.9 Å². The number of para-hydroxylation sites is 1. The molecule has 0 aliphatic rings. The number of nitriles is 1. The van der Waals surface area contributed by atoms with Crippen molar-refractivity contribution in [2.75, 3.05) is 19.8 Å². The minimum Gasteiger partial charge on any atom is -0.490 e. The van der Waals surface area contributed by atoms with Gasteiger partial charge in [-0.15, -0.1) is 0 Å². The number of carbonyl (C=O) groups is 2. The fraction of sp³-hybridized carbons (Fsp3) is 0.292. The summed E-state index contributed by atoms with van der Waals surface area (Å²) in [4.78, 5) is 24.1. The Hall–Kier alpha value is -3.79. The molecule has 0 saturated carbocycles. The molecule has 0 spiro atoms. The Kier molecular flexibility index (Phi) is 9.12. The Bertz CT molecular complexity index is 990. The van der Waals surface area contributed by atoms with Crippen LogP contribution in [0.2, 0.25) is 0 Å². The van der Waals surface area contributed by atoms with Crippen LogP contribution in [0.25, 0.3) is 6.08 Å². The fourth-order valence-corrected chi connectivity index (χ4v) is 2.70. The quantitative estimate of drug-likeness (QED) is 0.246. The molecule has 0 atom stereocenters. The first kappa shape index (κ1) is 23.5. The van der Waals surface area contributed by atoms with Gasteiger partial charge in [0.05, 0.1) is 13.2 Å². The molecule has 0 unspecified atom stereocenters. The molecule has 0 amide bonds. The minimum atomic E-state index is -0.706. The second-order valence-corrected chi connectivity index (χ2v) is 6.25. The van der Waals surface area contributed by atoms with E-state index in [0.717, 1.165) is 12.0 Å². The van der Waals surface area contributed by atoms with E-state index >= 15 is 0 Å². The highest BCUT2D eigenvalue weighted by molar-refractivity contribution is 5.98. The molecule has 0 aromatic heterocycles. The molecule has 162 valence electrons. The van der Waals surface area contributed by atoms with Crippen LogP contribution in [0, 0.1) is 11.3 Å². The zero-order valence-electron chi connectivity index (χ0n) is 17.8. The van der Waals surface area contributed by atoms with Crippen LogP contribution in [0.5, 0.6) is 17.2 Å². The first-order chi connectivity index (χ1) is 15.0. The zero-order chi connectivity index (χ0) is 22.6. The summed E-state index contributed by atoms with van der Waals surface area (Å²) in [6.45, 7) is 5.70. The van der Waals surface area contributed by atoms with E-state index in [4.69, 9.17) is 18.9 Å². The summed E-state index contributed by atoms with van der Waals surface area (Å²) in [6, 6.07) is 14.0. The third-order valence-electron chi connectivity index (χ3n) is 4.12. The molecule has 2 aromatic carbocycles. The number of ether oxygens (including phenoxy) is 4. The molecule has 0 radical (unpaired) electrons. The SMILES string of the molecule is CCOC(=O)/C(C#N)=C/c1ccc(OC(=O)COc2ccccc2CC)c(OCC)c1. The van der Waals surface area contributed by atoms with Gasteiger partial charge in [0, 0.05) is 0 Å². The van der Waals surface area contributed by atoms with Gasteiger partial charge in [-0.1, -0.05) is 31.2 Å². The van der Waals surface area contributed by atoms with E-state index in [0.29, 0.717) is 23.7 Å².